The summed E-state index contributed by atoms with van der Waals surface area (Å²) in [4.78, 5) is 14.6. The van der Waals surface area contributed by atoms with Crippen LogP contribution in [0.5, 0.6) is 11.5 Å². The third-order valence-electron chi connectivity index (χ3n) is 5.26. The Morgan fingerprint density at radius 1 is 1.06 bits per heavy atom. The van der Waals surface area contributed by atoms with Crippen LogP contribution in [0.2, 0.25) is 0 Å². The van der Waals surface area contributed by atoms with Crippen LogP contribution in [-0.4, -0.2) is 46.7 Å². The molecule has 2 N–H and O–H groups in total. The molecule has 1 atom stereocenters. The highest BCUT2D eigenvalue weighted by Gasteiger charge is 2.20. The first-order valence-electron chi connectivity index (χ1n) is 10.3. The van der Waals surface area contributed by atoms with Crippen molar-refractivity contribution in [2.45, 2.75) is 17.5 Å². The highest BCUT2D eigenvalue weighted by atomic mass is 32.2. The quantitative estimate of drug-likeness (QED) is 0.493. The lowest BCUT2D eigenvalue weighted by atomic mass is 10.2. The van der Waals surface area contributed by atoms with Crippen LogP contribution >= 0.6 is 0 Å². The topological polar surface area (TPSA) is 110 Å². The molecule has 0 aliphatic carbocycles. The molecular formula is C23H25N3O6S. The fourth-order valence-corrected chi connectivity index (χ4v) is 4.49. The van der Waals surface area contributed by atoms with Gasteiger partial charge in [0.15, 0.2) is 11.5 Å². The highest BCUT2D eigenvalue weighted by molar-refractivity contribution is 7.89. The molecule has 0 fully saturated rings. The molecule has 2 aromatic carbocycles. The lowest BCUT2D eigenvalue weighted by Crippen LogP contribution is -2.34. The minimum atomic E-state index is -3.83. The second kappa shape index (κ2) is 9.65. The zero-order valence-electron chi connectivity index (χ0n) is 18.3. The van der Waals surface area contributed by atoms with Gasteiger partial charge < -0.3 is 19.2 Å². The Morgan fingerprint density at radius 2 is 1.88 bits per heavy atom. The number of furan rings is 1. The monoisotopic (exact) mass is 471 g/mol. The first kappa shape index (κ1) is 22.8. The Labute approximate surface area is 192 Å². The number of sulfonamides is 1. The number of ether oxygens (including phenoxy) is 2. The van der Waals surface area contributed by atoms with Crippen LogP contribution in [-0.2, 0) is 16.6 Å². The molecule has 1 amide bonds. The van der Waals surface area contributed by atoms with E-state index in [1.165, 1.54) is 12.1 Å². The summed E-state index contributed by atoms with van der Waals surface area (Å²) in [5.74, 6) is 1.56. The molecule has 0 bridgehead atoms. The van der Waals surface area contributed by atoms with Crippen molar-refractivity contribution in [1.82, 2.24) is 14.9 Å². The molecule has 0 saturated carbocycles. The Kier molecular flexibility index (Phi) is 6.68. The second-order valence-electron chi connectivity index (χ2n) is 7.74. The summed E-state index contributed by atoms with van der Waals surface area (Å²) < 4.78 is 44.2. The number of nitrogens with one attached hydrogen (secondary N) is 2. The van der Waals surface area contributed by atoms with Gasteiger partial charge in [-0.05, 0) is 62.1 Å². The number of benzene rings is 2. The first-order chi connectivity index (χ1) is 15.8. The van der Waals surface area contributed by atoms with Crippen molar-refractivity contribution in [3.63, 3.8) is 0 Å². The van der Waals surface area contributed by atoms with E-state index in [0.29, 0.717) is 18.0 Å². The molecule has 174 valence electrons. The molecule has 0 saturated heterocycles. The number of fused-ring (bicyclic) bond motifs is 1. The zero-order chi connectivity index (χ0) is 23.4. The number of hydrogen-bond acceptors (Lipinski definition) is 7. The Bertz CT molecular complexity index is 1220. The minimum Gasteiger partial charge on any atom is -0.468 e. The van der Waals surface area contributed by atoms with E-state index in [1.807, 2.05) is 25.1 Å². The number of rotatable bonds is 9. The maximum Gasteiger partial charge on any atom is 0.251 e. The number of carbonyl (C=O) groups is 1. The predicted octanol–water partition coefficient (Wildman–Crippen LogP) is 2.52. The van der Waals surface area contributed by atoms with Gasteiger partial charge in [0.2, 0.25) is 16.8 Å². The number of carbonyl (C=O) groups excluding carboxylic acids is 1. The third kappa shape index (κ3) is 5.36. The van der Waals surface area contributed by atoms with E-state index in [9.17, 15) is 13.2 Å². The number of nitrogens with zero attached hydrogens (tertiary/aromatic N) is 1. The normalized spacial score (nSPS) is 13.8. The van der Waals surface area contributed by atoms with Gasteiger partial charge in [0.05, 0.1) is 17.2 Å². The van der Waals surface area contributed by atoms with E-state index in [-0.39, 0.29) is 35.7 Å². The summed E-state index contributed by atoms with van der Waals surface area (Å²) in [5.41, 5.74) is 0.974. The van der Waals surface area contributed by atoms with Crippen molar-refractivity contribution in [3.05, 3.63) is 77.7 Å². The summed E-state index contributed by atoms with van der Waals surface area (Å²) >= 11 is 0. The van der Waals surface area contributed by atoms with Gasteiger partial charge in [-0.3, -0.25) is 9.69 Å². The molecule has 1 aliphatic rings. The maximum absolute atomic E-state index is 12.8. The zero-order valence-corrected chi connectivity index (χ0v) is 19.1. The van der Waals surface area contributed by atoms with Crippen LogP contribution < -0.4 is 19.5 Å². The fourth-order valence-electron chi connectivity index (χ4n) is 3.43. The SMILES string of the molecule is CN(C)[C@@H](CNC(=O)c1cccc(S(=O)(=O)NCc2ccc3c(c2)OCO3)c1)c1ccco1. The van der Waals surface area contributed by atoms with Crippen molar-refractivity contribution >= 4 is 15.9 Å². The van der Waals surface area contributed by atoms with Gasteiger partial charge in [-0.1, -0.05) is 12.1 Å². The molecule has 33 heavy (non-hydrogen) atoms. The Morgan fingerprint density at radius 3 is 2.64 bits per heavy atom. The van der Waals surface area contributed by atoms with E-state index in [1.54, 1.807) is 42.7 Å². The Hall–Kier alpha value is -3.34. The second-order valence-corrected chi connectivity index (χ2v) is 9.51. The van der Waals surface area contributed by atoms with E-state index in [0.717, 1.165) is 11.3 Å². The van der Waals surface area contributed by atoms with Crippen LogP contribution in [0.25, 0.3) is 0 Å². The molecule has 0 radical (unpaired) electrons. The molecule has 1 aromatic heterocycles. The van der Waals surface area contributed by atoms with Gasteiger partial charge in [-0.15, -0.1) is 0 Å². The summed E-state index contributed by atoms with van der Waals surface area (Å²) in [5, 5.41) is 2.85. The van der Waals surface area contributed by atoms with Gasteiger partial charge in [-0.2, -0.15) is 0 Å². The number of likely N-dealkylation sites (N-methyl/N-ethyl adjacent to an activating group) is 1. The molecule has 1 aliphatic heterocycles. The summed E-state index contributed by atoms with van der Waals surface area (Å²) in [7, 11) is -0.0595. The molecule has 0 unspecified atom stereocenters. The van der Waals surface area contributed by atoms with Gasteiger partial charge >= 0.3 is 0 Å². The molecular weight excluding hydrogens is 446 g/mol. The predicted molar refractivity (Wildman–Crippen MR) is 121 cm³/mol. The third-order valence-corrected chi connectivity index (χ3v) is 6.66. The summed E-state index contributed by atoms with van der Waals surface area (Å²) in [6.45, 7) is 0.526. The standard InChI is InChI=1S/C23H25N3O6S/c1-26(2)19(20-7-4-10-30-20)14-24-23(27)17-5-3-6-18(12-17)33(28,29)25-13-16-8-9-21-22(11-16)32-15-31-21/h3-12,19,25H,13-15H2,1-2H3,(H,24,27)/t19-/m0/s1. The van der Waals surface area contributed by atoms with Gasteiger partial charge in [-0.25, -0.2) is 13.1 Å². The molecule has 10 heteroatoms. The van der Waals surface area contributed by atoms with Crippen molar-refractivity contribution in [3.8, 4) is 11.5 Å². The molecule has 9 nitrogen and oxygen atoms in total. The first-order valence-corrected chi connectivity index (χ1v) is 11.8. The lowest BCUT2D eigenvalue weighted by molar-refractivity contribution is 0.0939. The van der Waals surface area contributed by atoms with Crippen molar-refractivity contribution < 1.29 is 27.1 Å². The highest BCUT2D eigenvalue weighted by Crippen LogP contribution is 2.32. The molecule has 2 heterocycles. The van der Waals surface area contributed by atoms with E-state index >= 15 is 0 Å². The maximum atomic E-state index is 12.8. The van der Waals surface area contributed by atoms with Crippen LogP contribution in [0.15, 0.2) is 70.2 Å². The number of hydrogen-bond donors (Lipinski definition) is 2. The molecule has 4 rings (SSSR count). The van der Waals surface area contributed by atoms with E-state index in [2.05, 4.69) is 10.0 Å². The van der Waals surface area contributed by atoms with Crippen molar-refractivity contribution in [1.29, 1.82) is 0 Å². The fraction of sp³-hybridized carbons (Fsp3) is 0.261. The minimum absolute atomic E-state index is 0.00564. The van der Waals surface area contributed by atoms with Crippen molar-refractivity contribution in [2.24, 2.45) is 0 Å². The lowest BCUT2D eigenvalue weighted by Gasteiger charge is -2.22. The van der Waals surface area contributed by atoms with Crippen LogP contribution in [0, 0.1) is 0 Å². The summed E-state index contributed by atoms with van der Waals surface area (Å²) in [6.07, 6.45) is 1.58. The van der Waals surface area contributed by atoms with Gasteiger partial charge in [0.25, 0.3) is 5.91 Å². The summed E-state index contributed by atoms with van der Waals surface area (Å²) in [6, 6.07) is 14.6. The molecule has 0 spiro atoms. The van der Waals surface area contributed by atoms with Crippen LogP contribution in [0.4, 0.5) is 0 Å². The number of amides is 1. The van der Waals surface area contributed by atoms with Gasteiger partial charge in [0, 0.05) is 18.7 Å². The Balaban J connectivity index is 1.41. The van der Waals surface area contributed by atoms with Crippen LogP contribution in [0.3, 0.4) is 0 Å². The van der Waals surface area contributed by atoms with Crippen LogP contribution in [0.1, 0.15) is 27.7 Å². The van der Waals surface area contributed by atoms with E-state index in [4.69, 9.17) is 13.9 Å². The average molecular weight is 472 g/mol. The smallest absolute Gasteiger partial charge is 0.251 e. The van der Waals surface area contributed by atoms with Crippen molar-refractivity contribution in [2.75, 3.05) is 27.4 Å². The largest absolute Gasteiger partial charge is 0.468 e. The average Bonchev–Trinajstić information content (AvgIpc) is 3.49. The molecule has 3 aromatic rings. The van der Waals surface area contributed by atoms with E-state index < -0.39 is 10.0 Å². The van der Waals surface area contributed by atoms with Gasteiger partial charge in [0.1, 0.15) is 5.76 Å².